The van der Waals surface area contributed by atoms with Crippen LogP contribution in [0.5, 0.6) is 0 Å². The Bertz CT molecular complexity index is 553. The Morgan fingerprint density at radius 2 is 1.90 bits per heavy atom. The van der Waals surface area contributed by atoms with Gasteiger partial charge >= 0.3 is 0 Å². The normalized spacial score (nSPS) is 36.0. The molecule has 1 saturated carbocycles. The molecule has 116 valence electrons. The van der Waals surface area contributed by atoms with E-state index in [4.69, 9.17) is 0 Å². The highest BCUT2D eigenvalue weighted by Crippen LogP contribution is 2.53. The van der Waals surface area contributed by atoms with Gasteiger partial charge in [0.15, 0.2) is 0 Å². The van der Waals surface area contributed by atoms with Crippen LogP contribution in [0, 0.1) is 5.92 Å². The summed E-state index contributed by atoms with van der Waals surface area (Å²) in [7, 11) is 0. The van der Waals surface area contributed by atoms with E-state index in [-0.39, 0.29) is 5.41 Å². The van der Waals surface area contributed by atoms with Crippen LogP contribution in [0.2, 0.25) is 0 Å². The predicted molar refractivity (Wildman–Crippen MR) is 85.3 cm³/mol. The Morgan fingerprint density at radius 3 is 2.57 bits per heavy atom. The van der Waals surface area contributed by atoms with Gasteiger partial charge < -0.3 is 10.2 Å². The van der Waals surface area contributed by atoms with E-state index >= 15 is 0 Å². The Labute approximate surface area is 128 Å². The lowest BCUT2D eigenvalue weighted by atomic mass is 9.53. The molecule has 3 rings (SSSR count). The second-order valence-electron chi connectivity index (χ2n) is 8.15. The Hall–Kier alpha value is -0.860. The van der Waals surface area contributed by atoms with Crippen LogP contribution in [-0.2, 0) is 17.4 Å². The van der Waals surface area contributed by atoms with Crippen molar-refractivity contribution in [3.8, 4) is 0 Å². The summed E-state index contributed by atoms with van der Waals surface area (Å²) in [5, 5.41) is 21.0. The van der Waals surface area contributed by atoms with Gasteiger partial charge in [-0.3, -0.25) is 0 Å². The quantitative estimate of drug-likeness (QED) is 0.828. The number of fused-ring (bicyclic) bond motifs is 3. The molecule has 2 N–H and O–H groups in total. The van der Waals surface area contributed by atoms with Crippen molar-refractivity contribution < 1.29 is 10.2 Å². The monoisotopic (exact) mass is 288 g/mol. The third-order valence-electron chi connectivity index (χ3n) is 6.03. The smallest absolute Gasteiger partial charge is 0.0840 e. The largest absolute Gasteiger partial charge is 0.390 e. The third-order valence-corrected chi connectivity index (χ3v) is 6.03. The maximum Gasteiger partial charge on any atom is 0.0840 e. The van der Waals surface area contributed by atoms with E-state index in [0.29, 0.717) is 5.92 Å². The second-order valence-corrected chi connectivity index (χ2v) is 8.15. The van der Waals surface area contributed by atoms with Crippen molar-refractivity contribution in [2.24, 2.45) is 5.92 Å². The summed E-state index contributed by atoms with van der Waals surface area (Å²) < 4.78 is 0. The fraction of sp³-hybridized carbons (Fsp3) is 0.684. The van der Waals surface area contributed by atoms with Crippen LogP contribution in [0.4, 0.5) is 0 Å². The predicted octanol–water partition coefficient (Wildman–Crippen LogP) is 3.67. The van der Waals surface area contributed by atoms with Crippen molar-refractivity contribution >= 4 is 0 Å². The van der Waals surface area contributed by atoms with E-state index in [1.54, 1.807) is 0 Å². The lowest BCUT2D eigenvalue weighted by molar-refractivity contribution is -0.0749. The number of rotatable bonds is 1. The molecule has 2 aliphatic rings. The van der Waals surface area contributed by atoms with Gasteiger partial charge in [-0.2, -0.15) is 0 Å². The summed E-state index contributed by atoms with van der Waals surface area (Å²) in [6.45, 7) is 8.03. The standard InChI is InChI=1S/C19H28O2/c1-17(2,20)14-7-8-15-13(12-14)6-9-16-18(15,3)10-5-11-19(16,4)21/h7-8,12,16,20-21H,5-6,9-11H2,1-4H3. The molecule has 21 heavy (non-hydrogen) atoms. The molecule has 0 spiro atoms. The molecule has 2 nitrogen and oxygen atoms in total. The summed E-state index contributed by atoms with van der Waals surface area (Å²) in [6, 6.07) is 6.45. The molecule has 0 aromatic heterocycles. The zero-order valence-corrected chi connectivity index (χ0v) is 13.7. The molecule has 0 saturated heterocycles. The van der Waals surface area contributed by atoms with Gasteiger partial charge in [0, 0.05) is 0 Å². The third kappa shape index (κ3) is 2.33. The van der Waals surface area contributed by atoms with Crippen molar-refractivity contribution in [3.63, 3.8) is 0 Å². The van der Waals surface area contributed by atoms with E-state index < -0.39 is 11.2 Å². The Kier molecular flexibility index (Phi) is 3.27. The number of hydrogen-bond acceptors (Lipinski definition) is 2. The van der Waals surface area contributed by atoms with Gasteiger partial charge in [-0.25, -0.2) is 0 Å². The number of aryl methyl sites for hydroxylation is 1. The van der Waals surface area contributed by atoms with Crippen molar-refractivity contribution in [2.45, 2.75) is 76.4 Å². The molecule has 1 fully saturated rings. The van der Waals surface area contributed by atoms with E-state index in [2.05, 4.69) is 25.1 Å². The van der Waals surface area contributed by atoms with E-state index in [1.807, 2.05) is 20.8 Å². The minimum Gasteiger partial charge on any atom is -0.390 e. The van der Waals surface area contributed by atoms with E-state index in [0.717, 1.165) is 37.7 Å². The molecule has 3 unspecified atom stereocenters. The lowest BCUT2D eigenvalue weighted by Crippen LogP contribution is -2.52. The van der Waals surface area contributed by atoms with Gasteiger partial charge in [0.2, 0.25) is 0 Å². The molecule has 0 radical (unpaired) electrons. The molecule has 1 aromatic carbocycles. The van der Waals surface area contributed by atoms with Crippen LogP contribution in [0.15, 0.2) is 18.2 Å². The number of hydrogen-bond donors (Lipinski definition) is 2. The average Bonchev–Trinajstić information content (AvgIpc) is 2.36. The fourth-order valence-corrected chi connectivity index (χ4v) is 4.84. The molecule has 3 atom stereocenters. The van der Waals surface area contributed by atoms with Gasteiger partial charge in [0.25, 0.3) is 0 Å². The molecule has 1 aromatic rings. The molecule has 0 heterocycles. The van der Waals surface area contributed by atoms with E-state index in [9.17, 15) is 10.2 Å². The van der Waals surface area contributed by atoms with Crippen LogP contribution in [0.3, 0.4) is 0 Å². The van der Waals surface area contributed by atoms with Crippen molar-refractivity contribution in [2.75, 3.05) is 0 Å². The first-order chi connectivity index (χ1) is 9.64. The molecule has 2 aliphatic carbocycles. The van der Waals surface area contributed by atoms with Crippen molar-refractivity contribution in [3.05, 3.63) is 34.9 Å². The molecule has 0 bridgehead atoms. The first-order valence-corrected chi connectivity index (χ1v) is 8.23. The molecule has 0 amide bonds. The van der Waals surface area contributed by atoms with Crippen LogP contribution in [0.1, 0.15) is 70.1 Å². The van der Waals surface area contributed by atoms with Crippen molar-refractivity contribution in [1.82, 2.24) is 0 Å². The summed E-state index contributed by atoms with van der Waals surface area (Å²) in [5.41, 5.74) is 2.50. The SMILES string of the molecule is CC(C)(O)c1ccc2c(c1)CCC1C(C)(O)CCCC21C. The molecule has 0 aliphatic heterocycles. The van der Waals surface area contributed by atoms with Gasteiger partial charge in [-0.05, 0) is 80.9 Å². The Morgan fingerprint density at radius 1 is 1.19 bits per heavy atom. The molecule has 2 heteroatoms. The minimum atomic E-state index is -0.787. The van der Waals surface area contributed by atoms with Crippen LogP contribution >= 0.6 is 0 Å². The lowest BCUT2D eigenvalue weighted by Gasteiger charge is -2.53. The highest BCUT2D eigenvalue weighted by molar-refractivity contribution is 5.42. The van der Waals surface area contributed by atoms with Gasteiger partial charge in [-0.15, -0.1) is 0 Å². The van der Waals surface area contributed by atoms with Crippen LogP contribution in [-0.4, -0.2) is 15.8 Å². The summed E-state index contributed by atoms with van der Waals surface area (Å²) in [4.78, 5) is 0. The van der Waals surface area contributed by atoms with Gasteiger partial charge in [0.1, 0.15) is 0 Å². The molecular formula is C19H28O2. The number of aliphatic hydroxyl groups is 2. The highest BCUT2D eigenvalue weighted by Gasteiger charge is 2.51. The number of benzene rings is 1. The summed E-state index contributed by atoms with van der Waals surface area (Å²) >= 11 is 0. The van der Waals surface area contributed by atoms with Gasteiger partial charge in [-0.1, -0.05) is 25.1 Å². The van der Waals surface area contributed by atoms with Gasteiger partial charge in [0.05, 0.1) is 11.2 Å². The van der Waals surface area contributed by atoms with E-state index in [1.165, 1.54) is 11.1 Å². The second kappa shape index (κ2) is 4.57. The average molecular weight is 288 g/mol. The first kappa shape index (κ1) is 15.1. The fourth-order valence-electron chi connectivity index (χ4n) is 4.84. The summed E-state index contributed by atoms with van der Waals surface area (Å²) in [5.74, 6) is 0.347. The maximum absolute atomic E-state index is 10.8. The summed E-state index contributed by atoms with van der Waals surface area (Å²) in [6.07, 6.45) is 5.22. The zero-order chi connectivity index (χ0) is 15.5. The van der Waals surface area contributed by atoms with Crippen LogP contribution < -0.4 is 0 Å². The Balaban J connectivity index is 2.07. The maximum atomic E-state index is 10.8. The van der Waals surface area contributed by atoms with Crippen LogP contribution in [0.25, 0.3) is 0 Å². The topological polar surface area (TPSA) is 40.5 Å². The van der Waals surface area contributed by atoms with Crippen molar-refractivity contribution in [1.29, 1.82) is 0 Å². The zero-order valence-electron chi connectivity index (χ0n) is 13.7. The first-order valence-electron chi connectivity index (χ1n) is 8.23. The molecular weight excluding hydrogens is 260 g/mol. The highest BCUT2D eigenvalue weighted by atomic mass is 16.3. The minimum absolute atomic E-state index is 0.0768.